The first-order chi connectivity index (χ1) is 11.2. The summed E-state index contributed by atoms with van der Waals surface area (Å²) in [5.41, 5.74) is 1.54. The van der Waals surface area contributed by atoms with E-state index >= 15 is 0 Å². The fourth-order valence-electron chi connectivity index (χ4n) is 2.66. The van der Waals surface area contributed by atoms with E-state index in [4.69, 9.17) is 4.74 Å². The van der Waals surface area contributed by atoms with E-state index in [1.54, 1.807) is 6.92 Å². The standard InChI is InChI=1S/C18H28N2O4/c1-10(2)7-8-11(3)19-15(22)9-14-16(18(23)24-6)12(4)17(20-14)13(5)21/h10-11,20H,7-9H2,1-6H3,(H,19,22). The number of aromatic nitrogens is 1. The number of carbonyl (C=O) groups excluding carboxylic acids is 3. The third kappa shape index (κ3) is 5.22. The Kier molecular flexibility index (Phi) is 7.19. The molecule has 0 aromatic carbocycles. The number of carbonyl (C=O) groups is 3. The second-order valence-electron chi connectivity index (χ2n) is 6.64. The highest BCUT2D eigenvalue weighted by Gasteiger charge is 2.24. The van der Waals surface area contributed by atoms with Crippen molar-refractivity contribution in [3.63, 3.8) is 0 Å². The van der Waals surface area contributed by atoms with E-state index in [2.05, 4.69) is 24.1 Å². The van der Waals surface area contributed by atoms with Crippen LogP contribution in [0.1, 0.15) is 72.6 Å². The van der Waals surface area contributed by atoms with Crippen molar-refractivity contribution in [3.05, 3.63) is 22.5 Å². The van der Waals surface area contributed by atoms with Crippen LogP contribution in [0.5, 0.6) is 0 Å². The zero-order valence-electron chi connectivity index (χ0n) is 15.4. The van der Waals surface area contributed by atoms with Crippen LogP contribution in [-0.4, -0.2) is 35.8 Å². The molecule has 1 heterocycles. The van der Waals surface area contributed by atoms with Gasteiger partial charge in [-0.2, -0.15) is 0 Å². The maximum atomic E-state index is 12.3. The predicted octanol–water partition coefficient (Wildman–Crippen LogP) is 2.80. The minimum atomic E-state index is -0.549. The lowest BCUT2D eigenvalue weighted by Gasteiger charge is -2.15. The van der Waals surface area contributed by atoms with Crippen LogP contribution in [0.2, 0.25) is 0 Å². The molecule has 1 aromatic rings. The van der Waals surface area contributed by atoms with Gasteiger partial charge in [0.05, 0.1) is 24.8 Å². The third-order valence-electron chi connectivity index (χ3n) is 3.99. The summed E-state index contributed by atoms with van der Waals surface area (Å²) in [7, 11) is 1.28. The minimum Gasteiger partial charge on any atom is -0.465 e. The summed E-state index contributed by atoms with van der Waals surface area (Å²) in [6.07, 6.45) is 1.94. The summed E-state index contributed by atoms with van der Waals surface area (Å²) in [6.45, 7) is 9.33. The lowest BCUT2D eigenvalue weighted by molar-refractivity contribution is -0.121. The minimum absolute atomic E-state index is 0.00454. The van der Waals surface area contributed by atoms with Gasteiger partial charge in [-0.15, -0.1) is 0 Å². The van der Waals surface area contributed by atoms with Crippen molar-refractivity contribution in [3.8, 4) is 0 Å². The van der Waals surface area contributed by atoms with Gasteiger partial charge in [-0.1, -0.05) is 13.8 Å². The number of H-pyrrole nitrogens is 1. The zero-order chi connectivity index (χ0) is 18.4. The predicted molar refractivity (Wildman–Crippen MR) is 92.3 cm³/mol. The molecule has 1 atom stereocenters. The molecule has 2 N–H and O–H groups in total. The van der Waals surface area contributed by atoms with Crippen molar-refractivity contribution >= 4 is 17.7 Å². The monoisotopic (exact) mass is 336 g/mol. The number of hydrogen-bond acceptors (Lipinski definition) is 4. The van der Waals surface area contributed by atoms with Gasteiger partial charge >= 0.3 is 5.97 Å². The van der Waals surface area contributed by atoms with Crippen LogP contribution >= 0.6 is 0 Å². The molecule has 134 valence electrons. The number of methoxy groups -OCH3 is 1. The summed E-state index contributed by atoms with van der Waals surface area (Å²) in [4.78, 5) is 38.8. The Hall–Kier alpha value is -2.11. The van der Waals surface area contributed by atoms with Crippen LogP contribution in [0.4, 0.5) is 0 Å². The fraction of sp³-hybridized carbons (Fsp3) is 0.611. The highest BCUT2D eigenvalue weighted by atomic mass is 16.5. The Labute approximate surface area is 143 Å². The highest BCUT2D eigenvalue weighted by molar-refractivity contribution is 6.01. The molecular formula is C18H28N2O4. The summed E-state index contributed by atoms with van der Waals surface area (Å²) in [6, 6.07) is 0.0600. The van der Waals surface area contributed by atoms with Gasteiger partial charge in [0.2, 0.25) is 5.91 Å². The van der Waals surface area contributed by atoms with Gasteiger partial charge in [0, 0.05) is 18.7 Å². The lowest BCUT2D eigenvalue weighted by Crippen LogP contribution is -2.34. The lowest BCUT2D eigenvalue weighted by atomic mass is 10.0. The number of Topliss-reactive ketones (excluding diaryl/α,β-unsaturated/α-hetero) is 1. The number of rotatable bonds is 8. The van der Waals surface area contributed by atoms with Gasteiger partial charge in [0.1, 0.15) is 0 Å². The van der Waals surface area contributed by atoms with Gasteiger partial charge in [-0.25, -0.2) is 4.79 Å². The van der Waals surface area contributed by atoms with Crippen molar-refractivity contribution in [2.24, 2.45) is 5.92 Å². The Balaban J connectivity index is 2.89. The highest BCUT2D eigenvalue weighted by Crippen LogP contribution is 2.20. The van der Waals surface area contributed by atoms with Crippen LogP contribution in [0.3, 0.4) is 0 Å². The molecule has 6 nitrogen and oxygen atoms in total. The van der Waals surface area contributed by atoms with E-state index in [0.29, 0.717) is 22.9 Å². The van der Waals surface area contributed by atoms with Crippen LogP contribution < -0.4 is 5.32 Å². The Morgan fingerprint density at radius 3 is 2.29 bits per heavy atom. The fourth-order valence-corrected chi connectivity index (χ4v) is 2.66. The molecular weight excluding hydrogens is 308 g/mol. The van der Waals surface area contributed by atoms with E-state index in [1.807, 2.05) is 6.92 Å². The van der Waals surface area contributed by atoms with E-state index in [1.165, 1.54) is 14.0 Å². The van der Waals surface area contributed by atoms with Gasteiger partial charge in [-0.3, -0.25) is 9.59 Å². The van der Waals surface area contributed by atoms with Crippen LogP contribution in [0, 0.1) is 12.8 Å². The maximum absolute atomic E-state index is 12.3. The van der Waals surface area contributed by atoms with Gasteiger partial charge in [0.15, 0.2) is 5.78 Å². The Morgan fingerprint density at radius 1 is 1.17 bits per heavy atom. The SMILES string of the molecule is COC(=O)c1c(CC(=O)NC(C)CCC(C)C)[nH]c(C(C)=O)c1C. The van der Waals surface area contributed by atoms with E-state index in [-0.39, 0.29) is 29.7 Å². The van der Waals surface area contributed by atoms with Crippen molar-refractivity contribution in [1.82, 2.24) is 10.3 Å². The number of hydrogen-bond donors (Lipinski definition) is 2. The molecule has 0 spiro atoms. The van der Waals surface area contributed by atoms with E-state index in [9.17, 15) is 14.4 Å². The Morgan fingerprint density at radius 2 is 1.79 bits per heavy atom. The number of ether oxygens (including phenoxy) is 1. The summed E-state index contributed by atoms with van der Waals surface area (Å²) in [5.74, 6) is -0.339. The average molecular weight is 336 g/mol. The summed E-state index contributed by atoms with van der Waals surface area (Å²) >= 11 is 0. The molecule has 6 heteroatoms. The average Bonchev–Trinajstić information content (AvgIpc) is 2.80. The number of ketones is 1. The summed E-state index contributed by atoms with van der Waals surface area (Å²) < 4.78 is 4.78. The normalized spacial score (nSPS) is 12.1. The molecule has 0 saturated carbocycles. The maximum Gasteiger partial charge on any atom is 0.339 e. The topological polar surface area (TPSA) is 88.3 Å². The smallest absolute Gasteiger partial charge is 0.339 e. The van der Waals surface area contributed by atoms with E-state index < -0.39 is 5.97 Å². The van der Waals surface area contributed by atoms with Crippen LogP contribution in [0.15, 0.2) is 0 Å². The van der Waals surface area contributed by atoms with Crippen molar-refractivity contribution in [1.29, 1.82) is 0 Å². The molecule has 0 aliphatic carbocycles. The molecule has 1 amide bonds. The molecule has 0 bridgehead atoms. The quantitative estimate of drug-likeness (QED) is 0.564. The summed E-state index contributed by atoms with van der Waals surface area (Å²) in [5, 5.41) is 2.93. The molecule has 0 radical (unpaired) electrons. The first-order valence-electron chi connectivity index (χ1n) is 8.27. The second kappa shape index (κ2) is 8.66. The first-order valence-corrected chi connectivity index (χ1v) is 8.27. The number of nitrogens with one attached hydrogen (secondary N) is 2. The van der Waals surface area contributed by atoms with Crippen molar-refractivity contribution in [2.45, 2.75) is 59.9 Å². The van der Waals surface area contributed by atoms with E-state index in [0.717, 1.165) is 12.8 Å². The molecule has 1 rings (SSSR count). The molecule has 0 aliphatic heterocycles. The van der Waals surface area contributed by atoms with Crippen LogP contribution in [0.25, 0.3) is 0 Å². The molecule has 0 fully saturated rings. The molecule has 0 saturated heterocycles. The van der Waals surface area contributed by atoms with Gasteiger partial charge in [-0.05, 0) is 38.2 Å². The van der Waals surface area contributed by atoms with Crippen LogP contribution in [-0.2, 0) is 16.0 Å². The molecule has 1 unspecified atom stereocenters. The molecule has 24 heavy (non-hydrogen) atoms. The third-order valence-corrected chi connectivity index (χ3v) is 3.99. The largest absolute Gasteiger partial charge is 0.465 e. The number of amides is 1. The Bertz CT molecular complexity index is 617. The molecule has 1 aromatic heterocycles. The number of aromatic amines is 1. The van der Waals surface area contributed by atoms with Gasteiger partial charge < -0.3 is 15.0 Å². The first kappa shape index (κ1) is 19.9. The van der Waals surface area contributed by atoms with Crippen molar-refractivity contribution in [2.75, 3.05) is 7.11 Å². The van der Waals surface area contributed by atoms with Crippen molar-refractivity contribution < 1.29 is 19.1 Å². The molecule has 0 aliphatic rings. The zero-order valence-corrected chi connectivity index (χ0v) is 15.4. The van der Waals surface area contributed by atoms with Gasteiger partial charge in [0.25, 0.3) is 0 Å². The second-order valence-corrected chi connectivity index (χ2v) is 6.64. The number of esters is 1.